The molecule has 0 heterocycles. The molecule has 156 valence electrons. The summed E-state index contributed by atoms with van der Waals surface area (Å²) in [5, 5.41) is 17.3. The van der Waals surface area contributed by atoms with Crippen LogP contribution in [0.3, 0.4) is 0 Å². The number of amides is 4. The van der Waals surface area contributed by atoms with Crippen molar-refractivity contribution in [3.63, 3.8) is 0 Å². The fourth-order valence-corrected chi connectivity index (χ4v) is 2.33. The van der Waals surface area contributed by atoms with Crippen molar-refractivity contribution in [3.05, 3.63) is 75.8 Å². The summed E-state index contributed by atoms with van der Waals surface area (Å²) in [5.74, 6) is -2.56. The monoisotopic (exact) mass is 414 g/mol. The number of nitro groups is 1. The summed E-state index contributed by atoms with van der Waals surface area (Å²) in [4.78, 5) is 58.1. The zero-order valence-corrected chi connectivity index (χ0v) is 15.8. The highest BCUT2D eigenvalue weighted by atomic mass is 16.6. The Bertz CT molecular complexity index is 962. The molecule has 2 aromatic carbocycles. The summed E-state index contributed by atoms with van der Waals surface area (Å²) < 4.78 is 5.14. The number of urea groups is 1. The van der Waals surface area contributed by atoms with Crippen LogP contribution in [0, 0.1) is 10.1 Å². The van der Waals surface area contributed by atoms with Crippen molar-refractivity contribution in [2.24, 2.45) is 0 Å². The third kappa shape index (κ3) is 6.12. The van der Waals surface area contributed by atoms with Crippen LogP contribution in [-0.4, -0.2) is 42.3 Å². The summed E-state index contributed by atoms with van der Waals surface area (Å²) in [5.41, 5.74) is 0.0199. The predicted octanol–water partition coefficient (Wildman–Crippen LogP) is 1.06. The molecule has 30 heavy (non-hydrogen) atoms. The van der Waals surface area contributed by atoms with Gasteiger partial charge in [0.2, 0.25) is 6.10 Å². The van der Waals surface area contributed by atoms with E-state index in [4.69, 9.17) is 4.74 Å². The van der Waals surface area contributed by atoms with Crippen molar-refractivity contribution in [1.29, 1.82) is 0 Å². The lowest BCUT2D eigenvalue weighted by molar-refractivity contribution is -0.384. The van der Waals surface area contributed by atoms with Crippen LogP contribution in [0.4, 0.5) is 10.5 Å². The molecule has 2 rings (SSSR count). The van der Waals surface area contributed by atoms with Crippen molar-refractivity contribution in [2.45, 2.75) is 6.10 Å². The molecule has 0 saturated carbocycles. The highest BCUT2D eigenvalue weighted by molar-refractivity contribution is 5.98. The number of hydrogen-bond donors (Lipinski definition) is 3. The van der Waals surface area contributed by atoms with Gasteiger partial charge in [-0.2, -0.15) is 0 Å². The minimum absolute atomic E-state index is 0.0195. The summed E-state index contributed by atoms with van der Waals surface area (Å²) in [6.07, 6.45) is -1.43. The third-order valence-corrected chi connectivity index (χ3v) is 3.77. The van der Waals surface area contributed by atoms with Crippen molar-refractivity contribution < 1.29 is 28.8 Å². The first kappa shape index (κ1) is 22.0. The molecule has 0 aliphatic rings. The number of nitrogens with one attached hydrogen (secondary N) is 3. The van der Waals surface area contributed by atoms with E-state index in [-0.39, 0.29) is 11.3 Å². The molecular formula is C19H18N4O7. The van der Waals surface area contributed by atoms with Crippen LogP contribution in [0.5, 0.6) is 0 Å². The Balaban J connectivity index is 2.04. The van der Waals surface area contributed by atoms with Gasteiger partial charge in [-0.1, -0.05) is 36.4 Å². The van der Waals surface area contributed by atoms with Gasteiger partial charge in [-0.05, 0) is 6.07 Å². The summed E-state index contributed by atoms with van der Waals surface area (Å²) >= 11 is 0. The maximum Gasteiger partial charge on any atom is 0.326 e. The lowest BCUT2D eigenvalue weighted by atomic mass is 10.1. The molecular weight excluding hydrogens is 396 g/mol. The van der Waals surface area contributed by atoms with E-state index in [2.05, 4.69) is 10.6 Å². The smallest absolute Gasteiger partial charge is 0.326 e. The molecule has 1 atom stereocenters. The van der Waals surface area contributed by atoms with E-state index in [9.17, 15) is 29.3 Å². The van der Waals surface area contributed by atoms with Gasteiger partial charge in [0, 0.05) is 30.3 Å². The molecule has 0 spiro atoms. The second-order valence-corrected chi connectivity index (χ2v) is 5.84. The fraction of sp³-hybridized carbons (Fsp3) is 0.158. The van der Waals surface area contributed by atoms with Crippen molar-refractivity contribution in [3.8, 4) is 0 Å². The van der Waals surface area contributed by atoms with Crippen LogP contribution in [0.2, 0.25) is 0 Å². The number of imide groups is 1. The number of benzene rings is 2. The summed E-state index contributed by atoms with van der Waals surface area (Å²) in [6, 6.07) is 12.2. The van der Waals surface area contributed by atoms with Crippen LogP contribution in [0.15, 0.2) is 54.6 Å². The van der Waals surface area contributed by atoms with Gasteiger partial charge in [-0.3, -0.25) is 29.8 Å². The van der Waals surface area contributed by atoms with E-state index in [0.717, 1.165) is 6.07 Å². The normalized spacial score (nSPS) is 11.0. The largest absolute Gasteiger partial charge is 0.446 e. The SMILES string of the molecule is CNC(=O)NC(=O)C(OC(=O)CNC(=O)c1cccc([N+](=O)[O-])c1)c1ccccc1. The molecule has 2 aromatic rings. The number of non-ortho nitro benzene ring substituents is 1. The molecule has 11 nitrogen and oxygen atoms in total. The molecule has 0 saturated heterocycles. The van der Waals surface area contributed by atoms with Crippen LogP contribution in [0.25, 0.3) is 0 Å². The first-order chi connectivity index (χ1) is 14.3. The van der Waals surface area contributed by atoms with Gasteiger partial charge in [-0.15, -0.1) is 0 Å². The zero-order chi connectivity index (χ0) is 22.1. The molecule has 0 bridgehead atoms. The standard InChI is InChI=1S/C19H18N4O7/c1-20-19(27)22-18(26)16(12-6-3-2-4-7-12)30-15(24)11-21-17(25)13-8-5-9-14(10-13)23(28)29/h2-10,16H,11H2,1H3,(H,21,25)(H2,20,22,26,27). The summed E-state index contributed by atoms with van der Waals surface area (Å²) in [6.45, 7) is -0.599. The van der Waals surface area contributed by atoms with E-state index in [0.29, 0.717) is 5.56 Å². The molecule has 3 N–H and O–H groups in total. The number of nitrogens with zero attached hydrogens (tertiary/aromatic N) is 1. The Labute approximate surface area is 170 Å². The Morgan fingerprint density at radius 3 is 2.40 bits per heavy atom. The van der Waals surface area contributed by atoms with Gasteiger partial charge in [0.05, 0.1) is 4.92 Å². The Hall–Kier alpha value is -4.28. The number of hydrogen-bond acceptors (Lipinski definition) is 7. The maximum atomic E-state index is 12.3. The van der Waals surface area contributed by atoms with Crippen molar-refractivity contribution in [2.75, 3.05) is 13.6 Å². The zero-order valence-electron chi connectivity index (χ0n) is 15.8. The number of ether oxygens (including phenoxy) is 1. The van der Waals surface area contributed by atoms with E-state index >= 15 is 0 Å². The minimum atomic E-state index is -1.43. The van der Waals surface area contributed by atoms with Gasteiger partial charge in [-0.25, -0.2) is 4.79 Å². The van der Waals surface area contributed by atoms with Crippen LogP contribution in [-0.2, 0) is 14.3 Å². The Morgan fingerprint density at radius 2 is 1.77 bits per heavy atom. The molecule has 0 fully saturated rings. The van der Waals surface area contributed by atoms with Crippen LogP contribution >= 0.6 is 0 Å². The van der Waals surface area contributed by atoms with Crippen LogP contribution < -0.4 is 16.0 Å². The molecule has 0 radical (unpaired) electrons. The van der Waals surface area contributed by atoms with E-state index in [1.807, 2.05) is 5.32 Å². The quantitative estimate of drug-likeness (QED) is 0.347. The average molecular weight is 414 g/mol. The number of nitro benzene ring substituents is 1. The minimum Gasteiger partial charge on any atom is -0.446 e. The second-order valence-electron chi connectivity index (χ2n) is 5.84. The van der Waals surface area contributed by atoms with Crippen LogP contribution in [0.1, 0.15) is 22.0 Å². The first-order valence-electron chi connectivity index (χ1n) is 8.61. The van der Waals surface area contributed by atoms with Crippen molar-refractivity contribution in [1.82, 2.24) is 16.0 Å². The molecule has 0 aliphatic carbocycles. The highest BCUT2D eigenvalue weighted by Gasteiger charge is 2.26. The third-order valence-electron chi connectivity index (χ3n) is 3.77. The van der Waals surface area contributed by atoms with Gasteiger partial charge in [0.1, 0.15) is 6.54 Å². The molecule has 0 aliphatic heterocycles. The Morgan fingerprint density at radius 1 is 1.07 bits per heavy atom. The lowest BCUT2D eigenvalue weighted by Gasteiger charge is -2.17. The van der Waals surface area contributed by atoms with E-state index in [1.165, 1.54) is 37.4 Å². The second kappa shape index (κ2) is 10.3. The fourth-order valence-electron chi connectivity index (χ4n) is 2.33. The van der Waals surface area contributed by atoms with Gasteiger partial charge >= 0.3 is 12.0 Å². The lowest BCUT2D eigenvalue weighted by Crippen LogP contribution is -2.42. The van der Waals surface area contributed by atoms with E-state index in [1.54, 1.807) is 18.2 Å². The number of carbonyl (C=O) groups is 4. The number of rotatable bonds is 7. The molecule has 11 heteroatoms. The average Bonchev–Trinajstić information content (AvgIpc) is 2.76. The Kier molecular flexibility index (Phi) is 7.57. The molecule has 1 unspecified atom stereocenters. The molecule has 0 aromatic heterocycles. The van der Waals surface area contributed by atoms with Gasteiger partial charge < -0.3 is 15.4 Å². The summed E-state index contributed by atoms with van der Waals surface area (Å²) in [7, 11) is 1.32. The maximum absolute atomic E-state index is 12.3. The van der Waals surface area contributed by atoms with E-state index < -0.39 is 41.4 Å². The van der Waals surface area contributed by atoms with Crippen molar-refractivity contribution >= 4 is 29.5 Å². The van der Waals surface area contributed by atoms with Gasteiger partial charge in [0.15, 0.2) is 0 Å². The topological polar surface area (TPSA) is 157 Å². The molecule has 4 amide bonds. The van der Waals surface area contributed by atoms with Gasteiger partial charge in [0.25, 0.3) is 17.5 Å². The highest BCUT2D eigenvalue weighted by Crippen LogP contribution is 2.18. The number of esters is 1. The number of carbonyl (C=O) groups excluding carboxylic acids is 4. The first-order valence-corrected chi connectivity index (χ1v) is 8.61. The predicted molar refractivity (Wildman–Crippen MR) is 103 cm³/mol.